The van der Waals surface area contributed by atoms with Crippen LogP contribution in [0.4, 0.5) is 4.39 Å². The van der Waals surface area contributed by atoms with Crippen LogP contribution < -0.4 is 0 Å². The summed E-state index contributed by atoms with van der Waals surface area (Å²) in [6.45, 7) is 0. The summed E-state index contributed by atoms with van der Waals surface area (Å²) in [4.78, 5) is 3.84. The van der Waals surface area contributed by atoms with Crippen LogP contribution in [0.15, 0.2) is 23.1 Å². The topological polar surface area (TPSA) is 12.9 Å². The molecule has 0 saturated carbocycles. The summed E-state index contributed by atoms with van der Waals surface area (Å²) < 4.78 is 11.7. The largest absolute Gasteiger partial charge is 0.255 e. The lowest BCUT2D eigenvalue weighted by atomic mass is 10.3. The molecular formula is C7H4BrClFN. The van der Waals surface area contributed by atoms with Gasteiger partial charge in [0.15, 0.2) is 4.74 Å². The number of nitrogens with zero attached hydrogens (tertiary/aromatic N) is 1. The van der Waals surface area contributed by atoms with E-state index in [1.807, 2.05) is 0 Å². The van der Waals surface area contributed by atoms with E-state index >= 15 is 0 Å². The lowest BCUT2D eigenvalue weighted by Crippen LogP contribution is -1.77. The maximum absolute atomic E-state index is 12.2. The lowest BCUT2D eigenvalue weighted by molar-refractivity contribution is 0.711. The number of halogens is 3. The van der Waals surface area contributed by atoms with Crippen LogP contribution in [0.1, 0.15) is 5.69 Å². The number of hydrogen-bond donors (Lipinski definition) is 0. The molecule has 0 atom stereocenters. The highest BCUT2D eigenvalue weighted by atomic mass is 79.9. The van der Waals surface area contributed by atoms with E-state index in [2.05, 4.69) is 20.9 Å². The van der Waals surface area contributed by atoms with Crippen LogP contribution in [0.3, 0.4) is 0 Å². The van der Waals surface area contributed by atoms with Gasteiger partial charge in [-0.15, -0.1) is 0 Å². The molecule has 0 fully saturated rings. The second-order valence-corrected chi connectivity index (χ2v) is 3.03. The highest BCUT2D eigenvalue weighted by molar-refractivity contribution is 9.11. The van der Waals surface area contributed by atoms with Crippen molar-refractivity contribution in [1.82, 2.24) is 4.98 Å². The predicted octanol–water partition coefficient (Wildman–Crippen LogP) is 3.40. The summed E-state index contributed by atoms with van der Waals surface area (Å²) in [7, 11) is 0. The molecule has 0 saturated heterocycles. The second-order valence-electron chi connectivity index (χ2n) is 1.84. The standard InChI is InChI=1S/C7H4BrClFN/c8-7(10)3-6-2-1-5(9)4-11-6/h1-4H. The van der Waals surface area contributed by atoms with Crippen LogP contribution in [-0.4, -0.2) is 4.98 Å². The van der Waals surface area contributed by atoms with Crippen LogP contribution >= 0.6 is 27.5 Å². The Labute approximate surface area is 77.0 Å². The molecule has 0 aliphatic heterocycles. The Balaban J connectivity index is 2.91. The molecule has 1 nitrogen and oxygen atoms in total. The van der Waals surface area contributed by atoms with Crippen molar-refractivity contribution in [3.63, 3.8) is 0 Å². The third-order valence-corrected chi connectivity index (χ3v) is 1.46. The molecule has 58 valence electrons. The van der Waals surface area contributed by atoms with Gasteiger partial charge in [-0.2, -0.15) is 4.39 Å². The van der Waals surface area contributed by atoms with E-state index in [1.165, 1.54) is 12.3 Å². The molecule has 0 spiro atoms. The summed E-state index contributed by atoms with van der Waals surface area (Å²) in [6.07, 6.45) is 2.72. The van der Waals surface area contributed by atoms with Gasteiger partial charge in [0.2, 0.25) is 0 Å². The van der Waals surface area contributed by atoms with Gasteiger partial charge >= 0.3 is 0 Å². The molecule has 0 aliphatic rings. The smallest absolute Gasteiger partial charge is 0.167 e. The van der Waals surface area contributed by atoms with Crippen LogP contribution in [0.2, 0.25) is 5.02 Å². The third kappa shape index (κ3) is 2.99. The van der Waals surface area contributed by atoms with E-state index in [0.717, 1.165) is 0 Å². The van der Waals surface area contributed by atoms with E-state index in [-0.39, 0.29) is 0 Å². The van der Waals surface area contributed by atoms with Gasteiger partial charge in [0.05, 0.1) is 10.7 Å². The fourth-order valence-corrected chi connectivity index (χ4v) is 0.931. The number of rotatable bonds is 1. The van der Waals surface area contributed by atoms with Crippen molar-refractivity contribution in [3.05, 3.63) is 33.8 Å². The number of aromatic nitrogens is 1. The van der Waals surface area contributed by atoms with Gasteiger partial charge in [-0.05, 0) is 28.1 Å². The molecule has 0 bridgehead atoms. The molecule has 0 amide bonds. The highest BCUT2D eigenvalue weighted by Gasteiger charge is 1.91. The second kappa shape index (κ2) is 3.83. The van der Waals surface area contributed by atoms with E-state index < -0.39 is 4.74 Å². The molecule has 1 rings (SSSR count). The lowest BCUT2D eigenvalue weighted by Gasteiger charge is -1.90. The molecule has 0 unspecified atom stereocenters. The molecule has 1 heterocycles. The van der Waals surface area contributed by atoms with Crippen molar-refractivity contribution in [3.8, 4) is 0 Å². The van der Waals surface area contributed by atoms with E-state index in [0.29, 0.717) is 10.7 Å². The van der Waals surface area contributed by atoms with Gasteiger partial charge in [0, 0.05) is 12.3 Å². The predicted molar refractivity (Wildman–Crippen MR) is 47.3 cm³/mol. The Hall–Kier alpha value is -0.410. The zero-order valence-corrected chi connectivity index (χ0v) is 7.73. The first-order chi connectivity index (χ1) is 5.18. The molecule has 11 heavy (non-hydrogen) atoms. The SMILES string of the molecule is FC(Br)=Cc1ccc(Cl)cn1. The first kappa shape index (κ1) is 8.68. The normalized spacial score (nSPS) is 11.7. The molecule has 1 aromatic rings. The number of pyridine rings is 1. The first-order valence-corrected chi connectivity index (χ1v) is 4.00. The third-order valence-electron chi connectivity index (χ3n) is 1.01. The molecule has 0 radical (unpaired) electrons. The van der Waals surface area contributed by atoms with Crippen molar-refractivity contribution in [1.29, 1.82) is 0 Å². The van der Waals surface area contributed by atoms with Crippen molar-refractivity contribution in [2.24, 2.45) is 0 Å². The van der Waals surface area contributed by atoms with Crippen LogP contribution in [-0.2, 0) is 0 Å². The molecule has 0 aliphatic carbocycles. The van der Waals surface area contributed by atoms with Gasteiger partial charge in [-0.3, -0.25) is 4.98 Å². The van der Waals surface area contributed by atoms with E-state index in [4.69, 9.17) is 11.6 Å². The maximum Gasteiger partial charge on any atom is 0.167 e. The van der Waals surface area contributed by atoms with Crippen LogP contribution in [0.25, 0.3) is 6.08 Å². The summed E-state index contributed by atoms with van der Waals surface area (Å²) in [5, 5.41) is 0.539. The quantitative estimate of drug-likeness (QED) is 0.728. The monoisotopic (exact) mass is 235 g/mol. The molecule has 4 heteroatoms. The summed E-state index contributed by atoms with van der Waals surface area (Å²) in [5.41, 5.74) is 0.531. The molecule has 1 aromatic heterocycles. The maximum atomic E-state index is 12.2. The van der Waals surface area contributed by atoms with Crippen molar-refractivity contribution >= 4 is 33.6 Å². The van der Waals surface area contributed by atoms with E-state index in [1.54, 1.807) is 12.1 Å². The zero-order valence-electron chi connectivity index (χ0n) is 5.39. The zero-order chi connectivity index (χ0) is 8.27. The Morgan fingerprint density at radius 2 is 2.36 bits per heavy atom. The summed E-state index contributed by atoms with van der Waals surface area (Å²) in [6, 6.07) is 3.28. The molecular weight excluding hydrogens is 232 g/mol. The average Bonchev–Trinajstić information content (AvgIpc) is 1.93. The fraction of sp³-hybridized carbons (Fsp3) is 0. The van der Waals surface area contributed by atoms with Crippen LogP contribution in [0.5, 0.6) is 0 Å². The number of hydrogen-bond acceptors (Lipinski definition) is 1. The minimum atomic E-state index is -0.452. The molecule has 0 N–H and O–H groups in total. The van der Waals surface area contributed by atoms with Gasteiger partial charge in [-0.1, -0.05) is 11.6 Å². The minimum Gasteiger partial charge on any atom is -0.255 e. The first-order valence-electron chi connectivity index (χ1n) is 2.83. The van der Waals surface area contributed by atoms with Crippen molar-refractivity contribution < 1.29 is 4.39 Å². The Morgan fingerprint density at radius 1 is 1.64 bits per heavy atom. The van der Waals surface area contributed by atoms with Crippen LogP contribution in [0, 0.1) is 0 Å². The summed E-state index contributed by atoms with van der Waals surface area (Å²) >= 11 is 8.21. The van der Waals surface area contributed by atoms with Gasteiger partial charge in [0.25, 0.3) is 0 Å². The Bertz CT molecular complexity index is 266. The fourth-order valence-electron chi connectivity index (χ4n) is 0.584. The highest BCUT2D eigenvalue weighted by Crippen LogP contribution is 2.12. The minimum absolute atomic E-state index is 0.452. The van der Waals surface area contributed by atoms with Crippen molar-refractivity contribution in [2.75, 3.05) is 0 Å². The van der Waals surface area contributed by atoms with Crippen molar-refractivity contribution in [2.45, 2.75) is 0 Å². The van der Waals surface area contributed by atoms with Gasteiger partial charge in [-0.25, -0.2) is 0 Å². The van der Waals surface area contributed by atoms with Gasteiger partial charge < -0.3 is 0 Å². The Morgan fingerprint density at radius 3 is 2.82 bits per heavy atom. The average molecular weight is 236 g/mol. The molecule has 0 aromatic carbocycles. The Kier molecular flexibility index (Phi) is 3.02. The van der Waals surface area contributed by atoms with E-state index in [9.17, 15) is 4.39 Å². The summed E-state index contributed by atoms with van der Waals surface area (Å²) in [5.74, 6) is 0. The van der Waals surface area contributed by atoms with Gasteiger partial charge in [0.1, 0.15) is 0 Å².